The topological polar surface area (TPSA) is 33.1 Å². The van der Waals surface area contributed by atoms with Gasteiger partial charge < -0.3 is 5.11 Å². The minimum atomic E-state index is -0.405. The first-order chi connectivity index (χ1) is 6.77. The van der Waals surface area contributed by atoms with Crippen LogP contribution in [-0.4, -0.2) is 10.1 Å². The van der Waals surface area contributed by atoms with Gasteiger partial charge in [-0.15, -0.1) is 11.3 Å². The van der Waals surface area contributed by atoms with Crippen LogP contribution in [0.4, 0.5) is 0 Å². The zero-order valence-corrected chi connectivity index (χ0v) is 9.44. The molecule has 2 nitrogen and oxygen atoms in total. The highest BCUT2D eigenvalue weighted by molar-refractivity contribution is 7.09. The minimum Gasteiger partial charge on any atom is -0.387 e. The van der Waals surface area contributed by atoms with Gasteiger partial charge in [-0.1, -0.05) is 0 Å². The van der Waals surface area contributed by atoms with Crippen molar-refractivity contribution in [2.45, 2.75) is 19.4 Å². The number of aliphatic hydroxyl groups is 1. The van der Waals surface area contributed by atoms with Gasteiger partial charge in [-0.3, -0.25) is 0 Å². The summed E-state index contributed by atoms with van der Waals surface area (Å²) in [5.74, 6) is 0. The molecular formula is C10H11NOS2. The fourth-order valence-corrected chi connectivity index (χ4v) is 2.83. The van der Waals surface area contributed by atoms with E-state index < -0.39 is 6.10 Å². The van der Waals surface area contributed by atoms with Crippen molar-refractivity contribution in [3.63, 3.8) is 0 Å². The zero-order chi connectivity index (χ0) is 9.97. The second-order valence-electron chi connectivity index (χ2n) is 3.15. The van der Waals surface area contributed by atoms with Crippen molar-refractivity contribution in [3.8, 4) is 0 Å². The molecular weight excluding hydrogens is 214 g/mol. The highest BCUT2D eigenvalue weighted by Gasteiger charge is 2.13. The lowest BCUT2D eigenvalue weighted by atomic mass is 10.1. The van der Waals surface area contributed by atoms with Crippen LogP contribution in [0, 0.1) is 6.92 Å². The van der Waals surface area contributed by atoms with Crippen molar-refractivity contribution >= 4 is 22.7 Å². The van der Waals surface area contributed by atoms with E-state index in [1.807, 2.05) is 18.4 Å². The molecule has 4 heteroatoms. The van der Waals surface area contributed by atoms with Gasteiger partial charge in [0.05, 0.1) is 22.2 Å². The van der Waals surface area contributed by atoms with E-state index in [1.165, 1.54) is 16.9 Å². The van der Waals surface area contributed by atoms with Crippen LogP contribution in [0.5, 0.6) is 0 Å². The second-order valence-corrected chi connectivity index (χ2v) is 4.82. The highest BCUT2D eigenvalue weighted by atomic mass is 32.1. The summed E-state index contributed by atoms with van der Waals surface area (Å²) in [6, 6.07) is 2.05. The summed E-state index contributed by atoms with van der Waals surface area (Å²) < 4.78 is 0. The summed E-state index contributed by atoms with van der Waals surface area (Å²) in [5, 5.41) is 14.0. The number of aromatic nitrogens is 1. The zero-order valence-electron chi connectivity index (χ0n) is 7.80. The molecule has 0 amide bonds. The van der Waals surface area contributed by atoms with Crippen LogP contribution in [0.3, 0.4) is 0 Å². The number of hydrogen-bond acceptors (Lipinski definition) is 4. The first kappa shape index (κ1) is 9.83. The monoisotopic (exact) mass is 225 g/mol. The van der Waals surface area contributed by atoms with E-state index in [1.54, 1.807) is 16.8 Å². The van der Waals surface area contributed by atoms with Crippen molar-refractivity contribution in [1.82, 2.24) is 4.98 Å². The Labute approximate surface area is 90.9 Å². The number of aryl methyl sites for hydroxylation is 1. The maximum Gasteiger partial charge on any atom is 0.0941 e. The summed E-state index contributed by atoms with van der Waals surface area (Å²) in [7, 11) is 0. The van der Waals surface area contributed by atoms with Gasteiger partial charge in [0.1, 0.15) is 0 Å². The minimum absolute atomic E-state index is 0.405. The quantitative estimate of drug-likeness (QED) is 0.871. The third-order valence-electron chi connectivity index (χ3n) is 2.09. The van der Waals surface area contributed by atoms with E-state index in [0.29, 0.717) is 6.42 Å². The molecule has 0 saturated carbocycles. The Balaban J connectivity index is 2.10. The standard InChI is InChI=1S/C10H11NOS2/c1-7-10(14-6-11-7)9(12)4-8-2-3-13-5-8/h2-3,5-6,9,12H,4H2,1H3. The van der Waals surface area contributed by atoms with Crippen LogP contribution in [0.1, 0.15) is 22.2 Å². The third-order valence-corrected chi connectivity index (χ3v) is 3.86. The predicted molar refractivity (Wildman–Crippen MR) is 59.8 cm³/mol. The molecule has 74 valence electrons. The van der Waals surface area contributed by atoms with Gasteiger partial charge in [0.2, 0.25) is 0 Å². The normalized spacial score (nSPS) is 13.0. The van der Waals surface area contributed by atoms with Gasteiger partial charge in [0, 0.05) is 6.42 Å². The van der Waals surface area contributed by atoms with Crippen LogP contribution in [0.15, 0.2) is 22.3 Å². The first-order valence-corrected chi connectivity index (χ1v) is 6.18. The average molecular weight is 225 g/mol. The average Bonchev–Trinajstić information content (AvgIpc) is 2.75. The van der Waals surface area contributed by atoms with E-state index in [4.69, 9.17) is 0 Å². The van der Waals surface area contributed by atoms with Crippen molar-refractivity contribution in [3.05, 3.63) is 38.5 Å². The Morgan fingerprint density at radius 3 is 3.00 bits per heavy atom. The molecule has 1 atom stereocenters. The smallest absolute Gasteiger partial charge is 0.0941 e. The Morgan fingerprint density at radius 1 is 1.57 bits per heavy atom. The van der Waals surface area contributed by atoms with E-state index in [0.717, 1.165) is 10.6 Å². The SMILES string of the molecule is Cc1ncsc1C(O)Cc1ccsc1. The highest BCUT2D eigenvalue weighted by Crippen LogP contribution is 2.25. The summed E-state index contributed by atoms with van der Waals surface area (Å²) in [4.78, 5) is 5.11. The number of rotatable bonds is 3. The summed E-state index contributed by atoms with van der Waals surface area (Å²) >= 11 is 3.18. The number of thiazole rings is 1. The van der Waals surface area contributed by atoms with Crippen molar-refractivity contribution in [1.29, 1.82) is 0 Å². The van der Waals surface area contributed by atoms with Crippen molar-refractivity contribution in [2.24, 2.45) is 0 Å². The maximum absolute atomic E-state index is 9.94. The van der Waals surface area contributed by atoms with Gasteiger partial charge in [-0.2, -0.15) is 11.3 Å². The fourth-order valence-electron chi connectivity index (χ4n) is 1.36. The number of thiophene rings is 1. The lowest BCUT2D eigenvalue weighted by molar-refractivity contribution is 0.181. The van der Waals surface area contributed by atoms with E-state index in [-0.39, 0.29) is 0 Å². The van der Waals surface area contributed by atoms with Gasteiger partial charge >= 0.3 is 0 Å². The lowest BCUT2D eigenvalue weighted by Gasteiger charge is -2.07. The molecule has 0 fully saturated rings. The fraction of sp³-hybridized carbons (Fsp3) is 0.300. The summed E-state index contributed by atoms with van der Waals surface area (Å²) in [6.07, 6.45) is 0.282. The van der Waals surface area contributed by atoms with E-state index >= 15 is 0 Å². The molecule has 0 spiro atoms. The number of hydrogen-bond donors (Lipinski definition) is 1. The molecule has 0 aliphatic heterocycles. The van der Waals surface area contributed by atoms with Crippen molar-refractivity contribution in [2.75, 3.05) is 0 Å². The maximum atomic E-state index is 9.94. The lowest BCUT2D eigenvalue weighted by Crippen LogP contribution is -2.00. The summed E-state index contributed by atoms with van der Waals surface area (Å²) in [6.45, 7) is 1.93. The Bertz CT molecular complexity index is 394. The molecule has 2 rings (SSSR count). The van der Waals surface area contributed by atoms with Crippen molar-refractivity contribution < 1.29 is 5.11 Å². The number of aliphatic hydroxyl groups excluding tert-OH is 1. The molecule has 0 aliphatic carbocycles. The molecule has 1 N–H and O–H groups in total. The third kappa shape index (κ3) is 2.03. The molecule has 2 heterocycles. The van der Waals surface area contributed by atoms with E-state index in [9.17, 15) is 5.11 Å². The Morgan fingerprint density at radius 2 is 2.43 bits per heavy atom. The Hall–Kier alpha value is -0.710. The molecule has 0 aliphatic rings. The van der Waals surface area contributed by atoms with Gasteiger partial charge in [0.25, 0.3) is 0 Å². The van der Waals surface area contributed by atoms with Crippen LogP contribution in [-0.2, 0) is 6.42 Å². The van der Waals surface area contributed by atoms with Crippen LogP contribution >= 0.6 is 22.7 Å². The molecule has 0 saturated heterocycles. The molecule has 0 bridgehead atoms. The summed E-state index contributed by atoms with van der Waals surface area (Å²) in [5.41, 5.74) is 3.91. The van der Waals surface area contributed by atoms with Crippen LogP contribution < -0.4 is 0 Å². The van der Waals surface area contributed by atoms with Crippen LogP contribution in [0.2, 0.25) is 0 Å². The molecule has 2 aromatic heterocycles. The first-order valence-electron chi connectivity index (χ1n) is 4.36. The van der Waals surface area contributed by atoms with Gasteiger partial charge in [-0.05, 0) is 29.3 Å². The Kier molecular flexibility index (Phi) is 2.96. The molecule has 0 radical (unpaired) electrons. The van der Waals surface area contributed by atoms with Gasteiger partial charge in [0.15, 0.2) is 0 Å². The number of nitrogens with zero attached hydrogens (tertiary/aromatic N) is 1. The van der Waals surface area contributed by atoms with Gasteiger partial charge in [-0.25, -0.2) is 4.98 Å². The second kappa shape index (κ2) is 4.21. The molecule has 14 heavy (non-hydrogen) atoms. The molecule has 1 unspecified atom stereocenters. The molecule has 0 aromatic carbocycles. The largest absolute Gasteiger partial charge is 0.387 e. The predicted octanol–water partition coefficient (Wildman–Crippen LogP) is 2.79. The van der Waals surface area contributed by atoms with Crippen LogP contribution in [0.25, 0.3) is 0 Å². The molecule has 2 aromatic rings. The van der Waals surface area contributed by atoms with E-state index in [2.05, 4.69) is 10.4 Å².